The van der Waals surface area contributed by atoms with Crippen molar-refractivity contribution in [3.05, 3.63) is 23.9 Å². The summed E-state index contributed by atoms with van der Waals surface area (Å²) in [5.41, 5.74) is 1.05. The van der Waals surface area contributed by atoms with Crippen LogP contribution in [0.5, 0.6) is 0 Å². The van der Waals surface area contributed by atoms with Crippen molar-refractivity contribution in [1.82, 2.24) is 15.6 Å². The van der Waals surface area contributed by atoms with Crippen LogP contribution in [0.4, 0.5) is 5.82 Å². The second-order valence-corrected chi connectivity index (χ2v) is 6.74. The van der Waals surface area contributed by atoms with Crippen molar-refractivity contribution in [1.29, 1.82) is 0 Å². The Balaban J connectivity index is 1.76. The average Bonchev–Trinajstić information content (AvgIpc) is 2.63. The Hall–Kier alpha value is -1.62. The highest BCUT2D eigenvalue weighted by Crippen LogP contribution is 2.24. The summed E-state index contributed by atoms with van der Waals surface area (Å²) < 4.78 is 0. The first-order valence-corrected chi connectivity index (χ1v) is 9.31. The minimum absolute atomic E-state index is 0.147. The first-order valence-electron chi connectivity index (χ1n) is 9.31. The van der Waals surface area contributed by atoms with Gasteiger partial charge >= 0.3 is 0 Å². The highest BCUT2D eigenvalue weighted by atomic mass is 16.1. The van der Waals surface area contributed by atoms with Gasteiger partial charge in [-0.1, -0.05) is 13.0 Å². The molecule has 24 heavy (non-hydrogen) atoms. The van der Waals surface area contributed by atoms with Gasteiger partial charge < -0.3 is 15.5 Å². The van der Waals surface area contributed by atoms with Crippen molar-refractivity contribution in [3.63, 3.8) is 0 Å². The van der Waals surface area contributed by atoms with Crippen LogP contribution in [-0.4, -0.2) is 37.1 Å². The molecule has 1 amide bonds. The fraction of sp³-hybridized carbons (Fsp3) is 0.684. The lowest BCUT2D eigenvalue weighted by atomic mass is 9.84. The Kier molecular flexibility index (Phi) is 7.50. The van der Waals surface area contributed by atoms with E-state index in [2.05, 4.69) is 47.4 Å². The maximum Gasteiger partial charge on any atom is 0.220 e. The molecule has 1 saturated heterocycles. The van der Waals surface area contributed by atoms with E-state index in [0.717, 1.165) is 37.6 Å². The van der Waals surface area contributed by atoms with Crippen molar-refractivity contribution in [2.75, 3.05) is 31.1 Å². The van der Waals surface area contributed by atoms with Gasteiger partial charge in [0.1, 0.15) is 5.82 Å². The minimum Gasteiger partial charge on any atom is -0.357 e. The van der Waals surface area contributed by atoms with Gasteiger partial charge in [0.05, 0.1) is 0 Å². The zero-order valence-corrected chi connectivity index (χ0v) is 15.3. The van der Waals surface area contributed by atoms with E-state index in [9.17, 15) is 4.79 Å². The number of pyridine rings is 1. The highest BCUT2D eigenvalue weighted by Gasteiger charge is 2.21. The average molecular weight is 332 g/mol. The van der Waals surface area contributed by atoms with Crippen LogP contribution in [0.15, 0.2) is 18.3 Å². The Morgan fingerprint density at radius 2 is 2.04 bits per heavy atom. The molecule has 0 bridgehead atoms. The van der Waals surface area contributed by atoms with Crippen LogP contribution in [0.25, 0.3) is 0 Å². The number of hydrogen-bond acceptors (Lipinski definition) is 4. The van der Waals surface area contributed by atoms with E-state index in [1.807, 2.05) is 12.3 Å². The third kappa shape index (κ3) is 5.48. The SMILES string of the molecule is CCN(CC)c1ccc(CNC(=O)CC(C)C2CCNCC2)cn1. The Morgan fingerprint density at radius 3 is 2.62 bits per heavy atom. The number of carbonyl (C=O) groups is 1. The van der Waals surface area contributed by atoms with E-state index in [0.29, 0.717) is 24.8 Å². The molecule has 5 heteroatoms. The fourth-order valence-corrected chi connectivity index (χ4v) is 3.40. The van der Waals surface area contributed by atoms with E-state index in [-0.39, 0.29) is 5.91 Å². The summed E-state index contributed by atoms with van der Waals surface area (Å²) in [5, 5.41) is 6.42. The second-order valence-electron chi connectivity index (χ2n) is 6.74. The van der Waals surface area contributed by atoms with E-state index >= 15 is 0 Å². The molecule has 134 valence electrons. The van der Waals surface area contributed by atoms with Crippen LogP contribution in [-0.2, 0) is 11.3 Å². The van der Waals surface area contributed by atoms with Gasteiger partial charge in [0.15, 0.2) is 0 Å². The standard InChI is InChI=1S/C19H32N4O/c1-4-23(5-2)18-7-6-16(13-21-18)14-22-19(24)12-15(3)17-8-10-20-11-9-17/h6-7,13,15,17,20H,4-5,8-12,14H2,1-3H3,(H,22,24). The van der Waals surface area contributed by atoms with Gasteiger partial charge in [-0.2, -0.15) is 0 Å². The predicted octanol–water partition coefficient (Wildman–Crippen LogP) is 2.57. The van der Waals surface area contributed by atoms with Crippen molar-refractivity contribution < 1.29 is 4.79 Å². The molecule has 1 unspecified atom stereocenters. The molecule has 1 aromatic rings. The largest absolute Gasteiger partial charge is 0.357 e. The summed E-state index contributed by atoms with van der Waals surface area (Å²) in [7, 11) is 0. The molecule has 1 aliphatic heterocycles. The molecule has 2 N–H and O–H groups in total. The Labute approximate surface area is 146 Å². The Morgan fingerprint density at radius 1 is 1.33 bits per heavy atom. The predicted molar refractivity (Wildman–Crippen MR) is 99.0 cm³/mol. The van der Waals surface area contributed by atoms with Crippen LogP contribution < -0.4 is 15.5 Å². The van der Waals surface area contributed by atoms with E-state index in [1.54, 1.807) is 0 Å². The first-order chi connectivity index (χ1) is 11.6. The number of anilines is 1. The number of hydrogen-bond donors (Lipinski definition) is 2. The van der Waals surface area contributed by atoms with Crippen molar-refractivity contribution >= 4 is 11.7 Å². The summed E-state index contributed by atoms with van der Waals surface area (Å²) in [5.74, 6) is 2.27. The van der Waals surface area contributed by atoms with Gasteiger partial charge in [0.25, 0.3) is 0 Å². The molecule has 0 saturated carbocycles. The molecule has 0 aliphatic carbocycles. The fourth-order valence-electron chi connectivity index (χ4n) is 3.40. The normalized spacial score (nSPS) is 16.6. The maximum absolute atomic E-state index is 12.2. The molecule has 0 spiro atoms. The number of rotatable bonds is 8. The van der Waals surface area contributed by atoms with Gasteiger partial charge in [0.2, 0.25) is 5.91 Å². The molecule has 0 aromatic carbocycles. The van der Waals surface area contributed by atoms with Crippen LogP contribution in [0.3, 0.4) is 0 Å². The topological polar surface area (TPSA) is 57.3 Å². The highest BCUT2D eigenvalue weighted by molar-refractivity contribution is 5.76. The zero-order valence-electron chi connectivity index (χ0n) is 15.3. The molecule has 1 fully saturated rings. The van der Waals surface area contributed by atoms with Crippen molar-refractivity contribution in [2.24, 2.45) is 11.8 Å². The zero-order chi connectivity index (χ0) is 17.4. The third-order valence-corrected chi connectivity index (χ3v) is 5.08. The quantitative estimate of drug-likeness (QED) is 0.768. The third-order valence-electron chi connectivity index (χ3n) is 5.08. The van der Waals surface area contributed by atoms with E-state index in [4.69, 9.17) is 0 Å². The monoisotopic (exact) mass is 332 g/mol. The molecule has 0 radical (unpaired) electrons. The smallest absolute Gasteiger partial charge is 0.220 e. The minimum atomic E-state index is 0.147. The molecule has 2 rings (SSSR count). The molecule has 5 nitrogen and oxygen atoms in total. The number of nitrogens with one attached hydrogen (secondary N) is 2. The van der Waals surface area contributed by atoms with Gasteiger partial charge in [-0.25, -0.2) is 4.98 Å². The molecular formula is C19H32N4O. The lowest BCUT2D eigenvalue weighted by molar-refractivity contribution is -0.122. The molecular weight excluding hydrogens is 300 g/mol. The van der Waals surface area contributed by atoms with Gasteiger partial charge in [0, 0.05) is 32.3 Å². The number of carbonyl (C=O) groups excluding carboxylic acids is 1. The molecule has 1 aromatic heterocycles. The van der Waals surface area contributed by atoms with Crippen molar-refractivity contribution in [2.45, 2.75) is 46.6 Å². The maximum atomic E-state index is 12.2. The summed E-state index contributed by atoms with van der Waals surface area (Å²) >= 11 is 0. The van der Waals surface area contributed by atoms with Crippen molar-refractivity contribution in [3.8, 4) is 0 Å². The van der Waals surface area contributed by atoms with Gasteiger partial charge in [-0.3, -0.25) is 4.79 Å². The Bertz CT molecular complexity index is 493. The molecule has 2 heterocycles. The second kappa shape index (κ2) is 9.62. The molecule has 1 aliphatic rings. The summed E-state index contributed by atoms with van der Waals surface area (Å²) in [6.07, 6.45) is 4.86. The van der Waals surface area contributed by atoms with Crippen LogP contribution >= 0.6 is 0 Å². The number of nitrogens with zero attached hydrogens (tertiary/aromatic N) is 2. The van der Waals surface area contributed by atoms with Crippen LogP contribution in [0, 0.1) is 11.8 Å². The van der Waals surface area contributed by atoms with Crippen LogP contribution in [0.2, 0.25) is 0 Å². The van der Waals surface area contributed by atoms with Gasteiger partial charge in [-0.15, -0.1) is 0 Å². The summed E-state index contributed by atoms with van der Waals surface area (Å²) in [6.45, 7) is 11.1. The summed E-state index contributed by atoms with van der Waals surface area (Å²) in [6, 6.07) is 4.09. The van der Waals surface area contributed by atoms with E-state index in [1.165, 1.54) is 12.8 Å². The van der Waals surface area contributed by atoms with Gasteiger partial charge in [-0.05, 0) is 63.2 Å². The summed E-state index contributed by atoms with van der Waals surface area (Å²) in [4.78, 5) is 18.9. The lowest BCUT2D eigenvalue weighted by Gasteiger charge is -2.27. The first kappa shape index (κ1) is 18.7. The number of aromatic nitrogens is 1. The van der Waals surface area contributed by atoms with Crippen LogP contribution in [0.1, 0.15) is 45.6 Å². The molecule has 1 atom stereocenters. The lowest BCUT2D eigenvalue weighted by Crippen LogP contribution is -2.33. The number of piperidine rings is 1. The van der Waals surface area contributed by atoms with E-state index < -0.39 is 0 Å². The number of amides is 1.